The Kier molecular flexibility index (Phi) is 5.71. The van der Waals surface area contributed by atoms with Crippen molar-refractivity contribution in [3.63, 3.8) is 0 Å². The fourth-order valence-electron chi connectivity index (χ4n) is 3.63. The fraction of sp³-hybridized carbons (Fsp3) is 0.238. The first-order valence-corrected chi connectivity index (χ1v) is 10.6. The molecule has 0 radical (unpaired) electrons. The Morgan fingerprint density at radius 3 is 2.63 bits per heavy atom. The normalized spacial score (nSPS) is 18.1. The van der Waals surface area contributed by atoms with Crippen molar-refractivity contribution in [1.29, 1.82) is 0 Å². The van der Waals surface area contributed by atoms with E-state index >= 15 is 0 Å². The van der Waals surface area contributed by atoms with E-state index in [4.69, 9.17) is 0 Å². The fourth-order valence-corrected chi connectivity index (χ4v) is 4.42. The molecule has 1 fully saturated rings. The molecule has 2 aliphatic heterocycles. The summed E-state index contributed by atoms with van der Waals surface area (Å²) >= 11 is 2.15. The molecule has 2 aromatic rings. The molecule has 2 heterocycles. The van der Waals surface area contributed by atoms with Crippen LogP contribution in [-0.2, 0) is 20.9 Å². The number of hydrogen-bond acceptors (Lipinski definition) is 5. The van der Waals surface area contributed by atoms with E-state index in [9.17, 15) is 19.2 Å². The molecule has 0 bridgehead atoms. The summed E-state index contributed by atoms with van der Waals surface area (Å²) in [7, 11) is 0. The lowest BCUT2D eigenvalue weighted by Gasteiger charge is -2.29. The van der Waals surface area contributed by atoms with Crippen LogP contribution in [0.25, 0.3) is 0 Å². The number of carbonyl (C=O) groups is 4. The first kappa shape index (κ1) is 20.3. The Hall–Kier alpha value is -2.95. The number of nitrogens with one attached hydrogen (secondary N) is 3. The van der Waals surface area contributed by atoms with Crippen LogP contribution in [0.3, 0.4) is 0 Å². The van der Waals surface area contributed by atoms with Gasteiger partial charge < -0.3 is 15.5 Å². The largest absolute Gasteiger partial charge is 0.376 e. The van der Waals surface area contributed by atoms with Gasteiger partial charge >= 0.3 is 0 Å². The van der Waals surface area contributed by atoms with Crippen molar-refractivity contribution in [2.75, 3.05) is 17.2 Å². The highest BCUT2D eigenvalue weighted by Gasteiger charge is 2.39. The molecule has 8 nitrogen and oxygen atoms in total. The summed E-state index contributed by atoms with van der Waals surface area (Å²) in [6, 6.07) is 12.1. The van der Waals surface area contributed by atoms with Gasteiger partial charge in [0.2, 0.25) is 17.7 Å². The molecule has 2 aromatic carbocycles. The van der Waals surface area contributed by atoms with Crippen LogP contribution in [0.15, 0.2) is 42.5 Å². The summed E-state index contributed by atoms with van der Waals surface area (Å²) in [4.78, 5) is 50.2. The van der Waals surface area contributed by atoms with E-state index in [1.54, 1.807) is 18.2 Å². The van der Waals surface area contributed by atoms with E-state index in [1.807, 2.05) is 24.3 Å². The van der Waals surface area contributed by atoms with Crippen LogP contribution in [-0.4, -0.2) is 41.1 Å². The number of rotatable bonds is 5. The highest BCUT2D eigenvalue weighted by molar-refractivity contribution is 14.1. The number of benzene rings is 2. The zero-order valence-electron chi connectivity index (χ0n) is 15.9. The smallest absolute Gasteiger partial charge is 0.255 e. The molecule has 0 aromatic heterocycles. The van der Waals surface area contributed by atoms with Crippen molar-refractivity contribution in [2.24, 2.45) is 0 Å². The highest BCUT2D eigenvalue weighted by Crippen LogP contribution is 2.33. The van der Waals surface area contributed by atoms with Crippen molar-refractivity contribution in [3.8, 4) is 0 Å². The van der Waals surface area contributed by atoms with Crippen molar-refractivity contribution >= 4 is 57.6 Å². The Balaban J connectivity index is 1.44. The summed E-state index contributed by atoms with van der Waals surface area (Å²) in [5.74, 6) is -1.18. The number of amides is 4. The zero-order chi connectivity index (χ0) is 21.3. The predicted octanol–water partition coefficient (Wildman–Crippen LogP) is 2.10. The molecule has 0 aliphatic carbocycles. The van der Waals surface area contributed by atoms with E-state index in [2.05, 4.69) is 38.5 Å². The molecule has 154 valence electrons. The van der Waals surface area contributed by atoms with E-state index in [1.165, 1.54) is 4.90 Å². The van der Waals surface area contributed by atoms with Crippen LogP contribution < -0.4 is 16.0 Å². The maximum atomic E-state index is 13.0. The van der Waals surface area contributed by atoms with Crippen LogP contribution >= 0.6 is 22.6 Å². The molecule has 1 atom stereocenters. The third-order valence-corrected chi connectivity index (χ3v) is 6.07. The molecule has 4 amide bonds. The molecule has 0 spiro atoms. The molecule has 1 saturated heterocycles. The lowest BCUT2D eigenvalue weighted by molar-refractivity contribution is -0.137. The minimum Gasteiger partial charge on any atom is -0.376 e. The number of anilines is 2. The molecule has 0 saturated carbocycles. The predicted molar refractivity (Wildman–Crippen MR) is 119 cm³/mol. The zero-order valence-corrected chi connectivity index (χ0v) is 18.1. The lowest BCUT2D eigenvalue weighted by atomic mass is 10.0. The third kappa shape index (κ3) is 4.16. The van der Waals surface area contributed by atoms with Crippen molar-refractivity contribution in [2.45, 2.75) is 25.4 Å². The number of fused-ring (bicyclic) bond motifs is 1. The minimum absolute atomic E-state index is 0.0504. The van der Waals surface area contributed by atoms with E-state index in [0.29, 0.717) is 29.9 Å². The second-order valence-corrected chi connectivity index (χ2v) is 8.31. The molecule has 4 rings (SSSR count). The maximum Gasteiger partial charge on any atom is 0.255 e. The monoisotopic (exact) mass is 518 g/mol. The number of halogens is 1. The number of piperidine rings is 1. The van der Waals surface area contributed by atoms with Gasteiger partial charge in [0.05, 0.1) is 6.54 Å². The van der Waals surface area contributed by atoms with Crippen LogP contribution in [0, 0.1) is 3.57 Å². The van der Waals surface area contributed by atoms with Crippen molar-refractivity contribution in [1.82, 2.24) is 10.2 Å². The SMILES string of the molecule is O=C1CCC(N2Cc3c(I)cc(NCC(=O)Nc4ccccc4)cc3C2=O)C(=O)N1. The summed E-state index contributed by atoms with van der Waals surface area (Å²) in [5, 5.41) is 8.15. The van der Waals surface area contributed by atoms with E-state index in [0.717, 1.165) is 9.13 Å². The van der Waals surface area contributed by atoms with Crippen LogP contribution in [0.5, 0.6) is 0 Å². The van der Waals surface area contributed by atoms with Gasteiger partial charge in [-0.2, -0.15) is 0 Å². The minimum atomic E-state index is -0.647. The quantitative estimate of drug-likeness (QED) is 0.415. The van der Waals surface area contributed by atoms with Gasteiger partial charge in [-0.05, 0) is 58.8 Å². The van der Waals surface area contributed by atoms with Crippen LogP contribution in [0.1, 0.15) is 28.8 Å². The second-order valence-electron chi connectivity index (χ2n) is 7.15. The molecular formula is C21H19IN4O4. The molecule has 30 heavy (non-hydrogen) atoms. The number of hydrogen-bond donors (Lipinski definition) is 3. The van der Waals surface area contributed by atoms with Gasteiger partial charge in [-0.25, -0.2) is 0 Å². The summed E-state index contributed by atoms with van der Waals surface area (Å²) in [6.45, 7) is 0.377. The van der Waals surface area contributed by atoms with Gasteiger partial charge in [0.25, 0.3) is 5.91 Å². The Morgan fingerprint density at radius 1 is 1.13 bits per heavy atom. The number of imide groups is 1. The average molecular weight is 518 g/mol. The number of carbonyl (C=O) groups excluding carboxylic acids is 4. The molecule has 2 aliphatic rings. The van der Waals surface area contributed by atoms with Crippen molar-refractivity contribution in [3.05, 3.63) is 57.2 Å². The van der Waals surface area contributed by atoms with Gasteiger partial charge in [0, 0.05) is 33.5 Å². The topological polar surface area (TPSA) is 108 Å². The van der Waals surface area contributed by atoms with Gasteiger partial charge in [-0.1, -0.05) is 18.2 Å². The molecule has 9 heteroatoms. The van der Waals surface area contributed by atoms with E-state index < -0.39 is 11.9 Å². The van der Waals surface area contributed by atoms with Gasteiger partial charge in [0.1, 0.15) is 6.04 Å². The van der Waals surface area contributed by atoms with Crippen LogP contribution in [0.2, 0.25) is 0 Å². The van der Waals surface area contributed by atoms with Crippen molar-refractivity contribution < 1.29 is 19.2 Å². The summed E-state index contributed by atoms with van der Waals surface area (Å²) in [5.41, 5.74) is 2.73. The Labute approximate surface area is 186 Å². The first-order chi connectivity index (χ1) is 14.4. The van der Waals surface area contributed by atoms with Gasteiger partial charge in [0.15, 0.2) is 0 Å². The third-order valence-electron chi connectivity index (χ3n) is 5.11. The summed E-state index contributed by atoms with van der Waals surface area (Å²) in [6.07, 6.45) is 0.544. The first-order valence-electron chi connectivity index (χ1n) is 9.48. The number of nitrogens with zero attached hydrogens (tertiary/aromatic N) is 1. The molecular weight excluding hydrogens is 499 g/mol. The van der Waals surface area contributed by atoms with Crippen LogP contribution in [0.4, 0.5) is 11.4 Å². The summed E-state index contributed by atoms with van der Waals surface area (Å²) < 4.78 is 0.874. The standard InChI is InChI=1S/C21H19IN4O4/c22-16-9-13(23-10-19(28)24-12-4-2-1-3-5-12)8-14-15(16)11-26(21(14)30)17-6-7-18(27)25-20(17)29/h1-5,8-9,17,23H,6-7,10-11H2,(H,24,28)(H,25,27,29). The Bertz CT molecular complexity index is 1040. The molecule has 3 N–H and O–H groups in total. The van der Waals surface area contributed by atoms with Gasteiger partial charge in [-0.15, -0.1) is 0 Å². The highest BCUT2D eigenvalue weighted by atomic mass is 127. The maximum absolute atomic E-state index is 13.0. The van der Waals surface area contributed by atoms with Gasteiger partial charge in [-0.3, -0.25) is 24.5 Å². The Morgan fingerprint density at radius 2 is 1.90 bits per heavy atom. The lowest BCUT2D eigenvalue weighted by Crippen LogP contribution is -2.52. The number of para-hydroxylation sites is 1. The van der Waals surface area contributed by atoms with E-state index in [-0.39, 0.29) is 30.7 Å². The molecule has 1 unspecified atom stereocenters. The average Bonchev–Trinajstić information content (AvgIpc) is 3.04. The second kappa shape index (κ2) is 8.42.